The summed E-state index contributed by atoms with van der Waals surface area (Å²) in [4.78, 5) is 26.8. The number of carbonyl (C=O) groups is 2. The van der Waals surface area contributed by atoms with Gasteiger partial charge in [-0.15, -0.1) is 0 Å². The number of hydrogen-bond donors (Lipinski definition) is 0. The minimum atomic E-state index is -0.352. The number of amides is 1. The van der Waals surface area contributed by atoms with E-state index in [0.29, 0.717) is 13.2 Å². The molecule has 1 unspecified atom stereocenters. The van der Waals surface area contributed by atoms with Crippen LogP contribution in [0.5, 0.6) is 0 Å². The lowest BCUT2D eigenvalue weighted by molar-refractivity contribution is -0.161. The maximum atomic E-state index is 12.9. The third-order valence-electron chi connectivity index (χ3n) is 4.80. The number of likely N-dealkylation sites (tertiary alicyclic amines) is 1. The predicted octanol–water partition coefficient (Wildman–Crippen LogP) is 2.90. The first-order chi connectivity index (χ1) is 9.58. The standard InChI is InChI=1S/C16H27NO3/c1-3-20-14(18)13-9-5-8-12-17(13)15(19)16(2)10-6-4-7-11-16/h13H,3-12H2,1-2H3. The molecular formula is C16H27NO3. The molecule has 20 heavy (non-hydrogen) atoms. The molecule has 1 aliphatic heterocycles. The van der Waals surface area contributed by atoms with Crippen LogP contribution in [0.1, 0.15) is 65.2 Å². The normalized spacial score (nSPS) is 26.1. The van der Waals surface area contributed by atoms with Crippen molar-refractivity contribution in [1.82, 2.24) is 4.90 Å². The van der Waals surface area contributed by atoms with Crippen LogP contribution in [-0.2, 0) is 14.3 Å². The lowest BCUT2D eigenvalue weighted by Gasteiger charge is -2.41. The average Bonchev–Trinajstić information content (AvgIpc) is 2.47. The Morgan fingerprint density at radius 1 is 1.15 bits per heavy atom. The molecule has 1 saturated carbocycles. The Kier molecular flexibility index (Phi) is 5.06. The molecule has 0 aromatic rings. The predicted molar refractivity (Wildman–Crippen MR) is 77.2 cm³/mol. The van der Waals surface area contributed by atoms with E-state index < -0.39 is 0 Å². The van der Waals surface area contributed by atoms with Crippen LogP contribution in [0.2, 0.25) is 0 Å². The molecule has 0 aromatic heterocycles. The van der Waals surface area contributed by atoms with Crippen LogP contribution in [0, 0.1) is 5.41 Å². The fourth-order valence-electron chi connectivity index (χ4n) is 3.55. The van der Waals surface area contributed by atoms with Crippen molar-refractivity contribution in [3.05, 3.63) is 0 Å². The molecule has 4 heteroatoms. The van der Waals surface area contributed by atoms with Gasteiger partial charge in [0.2, 0.25) is 5.91 Å². The Morgan fingerprint density at radius 2 is 1.85 bits per heavy atom. The summed E-state index contributed by atoms with van der Waals surface area (Å²) in [5.41, 5.74) is -0.264. The third kappa shape index (κ3) is 3.15. The number of nitrogens with zero attached hydrogens (tertiary/aromatic N) is 1. The summed E-state index contributed by atoms with van der Waals surface area (Å²) in [5.74, 6) is -0.0464. The monoisotopic (exact) mass is 281 g/mol. The van der Waals surface area contributed by atoms with Gasteiger partial charge in [-0.25, -0.2) is 4.79 Å². The number of hydrogen-bond acceptors (Lipinski definition) is 3. The molecule has 2 rings (SSSR count). The van der Waals surface area contributed by atoms with Gasteiger partial charge in [0.1, 0.15) is 6.04 Å². The fourth-order valence-corrected chi connectivity index (χ4v) is 3.55. The molecule has 0 aromatic carbocycles. The van der Waals surface area contributed by atoms with Gasteiger partial charge in [-0.05, 0) is 39.0 Å². The van der Waals surface area contributed by atoms with Gasteiger partial charge < -0.3 is 9.64 Å². The second-order valence-electron chi connectivity index (χ2n) is 6.38. The summed E-state index contributed by atoms with van der Waals surface area (Å²) in [6.45, 7) is 4.98. The maximum Gasteiger partial charge on any atom is 0.328 e. The van der Waals surface area contributed by atoms with Gasteiger partial charge in [0, 0.05) is 12.0 Å². The topological polar surface area (TPSA) is 46.6 Å². The Bertz CT molecular complexity index is 361. The van der Waals surface area contributed by atoms with Gasteiger partial charge in [0.25, 0.3) is 0 Å². The molecule has 4 nitrogen and oxygen atoms in total. The van der Waals surface area contributed by atoms with Crippen molar-refractivity contribution in [1.29, 1.82) is 0 Å². The van der Waals surface area contributed by atoms with E-state index in [0.717, 1.165) is 44.9 Å². The quantitative estimate of drug-likeness (QED) is 0.747. The molecule has 1 aliphatic carbocycles. The minimum absolute atomic E-state index is 0.176. The number of carbonyl (C=O) groups excluding carboxylic acids is 2. The molecule has 1 saturated heterocycles. The first-order valence-corrected chi connectivity index (χ1v) is 8.06. The second kappa shape index (κ2) is 6.59. The van der Waals surface area contributed by atoms with Gasteiger partial charge in [-0.3, -0.25) is 4.79 Å². The lowest BCUT2D eigenvalue weighted by atomic mass is 9.74. The van der Waals surface area contributed by atoms with E-state index in [1.54, 1.807) is 0 Å². The Morgan fingerprint density at radius 3 is 2.50 bits per heavy atom. The zero-order valence-electron chi connectivity index (χ0n) is 12.8. The van der Waals surface area contributed by atoms with Crippen LogP contribution in [0.25, 0.3) is 0 Å². The molecule has 1 heterocycles. The van der Waals surface area contributed by atoms with Crippen LogP contribution in [0.4, 0.5) is 0 Å². The highest BCUT2D eigenvalue weighted by Gasteiger charge is 2.42. The molecule has 114 valence electrons. The zero-order chi connectivity index (χ0) is 14.6. The van der Waals surface area contributed by atoms with E-state index in [9.17, 15) is 9.59 Å². The van der Waals surface area contributed by atoms with Crippen molar-refractivity contribution >= 4 is 11.9 Å². The van der Waals surface area contributed by atoms with E-state index in [4.69, 9.17) is 4.74 Å². The number of piperidine rings is 1. The van der Waals surface area contributed by atoms with Crippen molar-refractivity contribution in [3.63, 3.8) is 0 Å². The minimum Gasteiger partial charge on any atom is -0.464 e. The summed E-state index contributed by atoms with van der Waals surface area (Å²) in [6, 6.07) is -0.352. The molecule has 2 fully saturated rings. The highest BCUT2D eigenvalue weighted by Crippen LogP contribution is 2.38. The number of esters is 1. The Balaban J connectivity index is 2.10. The van der Waals surface area contributed by atoms with E-state index in [2.05, 4.69) is 6.92 Å². The van der Waals surface area contributed by atoms with Crippen molar-refractivity contribution in [3.8, 4) is 0 Å². The van der Waals surface area contributed by atoms with Crippen LogP contribution in [0.15, 0.2) is 0 Å². The number of ether oxygens (including phenoxy) is 1. The van der Waals surface area contributed by atoms with Gasteiger partial charge in [0.15, 0.2) is 0 Å². The van der Waals surface area contributed by atoms with Gasteiger partial charge in [-0.1, -0.05) is 26.2 Å². The van der Waals surface area contributed by atoms with Crippen molar-refractivity contribution < 1.29 is 14.3 Å². The van der Waals surface area contributed by atoms with Gasteiger partial charge in [0.05, 0.1) is 6.61 Å². The van der Waals surface area contributed by atoms with Crippen molar-refractivity contribution in [2.24, 2.45) is 5.41 Å². The average molecular weight is 281 g/mol. The molecule has 0 N–H and O–H groups in total. The van der Waals surface area contributed by atoms with Crippen molar-refractivity contribution in [2.45, 2.75) is 71.3 Å². The lowest BCUT2D eigenvalue weighted by Crippen LogP contribution is -2.53. The Hall–Kier alpha value is -1.06. The van der Waals surface area contributed by atoms with Crippen LogP contribution >= 0.6 is 0 Å². The third-order valence-corrected chi connectivity index (χ3v) is 4.80. The molecule has 1 amide bonds. The van der Waals surface area contributed by atoms with E-state index in [1.807, 2.05) is 11.8 Å². The molecular weight excluding hydrogens is 254 g/mol. The fraction of sp³-hybridized carbons (Fsp3) is 0.875. The summed E-state index contributed by atoms with van der Waals surface area (Å²) < 4.78 is 5.15. The van der Waals surface area contributed by atoms with Crippen LogP contribution in [-0.4, -0.2) is 36.0 Å². The SMILES string of the molecule is CCOC(=O)C1CCCCN1C(=O)C1(C)CCCCC1. The van der Waals surface area contributed by atoms with Gasteiger partial charge >= 0.3 is 5.97 Å². The van der Waals surface area contributed by atoms with E-state index >= 15 is 0 Å². The molecule has 1 atom stereocenters. The Labute approximate surface area is 121 Å². The highest BCUT2D eigenvalue weighted by molar-refractivity contribution is 5.88. The maximum absolute atomic E-state index is 12.9. The van der Waals surface area contributed by atoms with Crippen LogP contribution in [0.3, 0.4) is 0 Å². The molecule has 0 bridgehead atoms. The second-order valence-corrected chi connectivity index (χ2v) is 6.38. The smallest absolute Gasteiger partial charge is 0.328 e. The van der Waals surface area contributed by atoms with Gasteiger partial charge in [-0.2, -0.15) is 0 Å². The summed E-state index contributed by atoms with van der Waals surface area (Å²) in [6.07, 6.45) is 8.14. The van der Waals surface area contributed by atoms with E-state index in [-0.39, 0.29) is 23.3 Å². The summed E-state index contributed by atoms with van der Waals surface area (Å²) in [5, 5.41) is 0. The summed E-state index contributed by atoms with van der Waals surface area (Å²) >= 11 is 0. The molecule has 2 aliphatic rings. The number of rotatable bonds is 3. The molecule has 0 spiro atoms. The first-order valence-electron chi connectivity index (χ1n) is 8.06. The molecule has 0 radical (unpaired) electrons. The summed E-state index contributed by atoms with van der Waals surface area (Å²) in [7, 11) is 0. The van der Waals surface area contributed by atoms with Crippen LogP contribution < -0.4 is 0 Å². The largest absolute Gasteiger partial charge is 0.464 e. The first kappa shape index (κ1) is 15.3. The van der Waals surface area contributed by atoms with Crippen molar-refractivity contribution in [2.75, 3.05) is 13.2 Å². The van der Waals surface area contributed by atoms with E-state index in [1.165, 1.54) is 6.42 Å². The zero-order valence-corrected chi connectivity index (χ0v) is 12.8. The highest BCUT2D eigenvalue weighted by atomic mass is 16.5.